The largest absolute Gasteiger partial charge is 0.477 e. The van der Waals surface area contributed by atoms with E-state index in [0.717, 1.165) is 23.5 Å². The van der Waals surface area contributed by atoms with E-state index in [-0.39, 0.29) is 10.6 Å². The summed E-state index contributed by atoms with van der Waals surface area (Å²) in [6.07, 6.45) is 4.42. The average molecular weight is 425 g/mol. The molecule has 0 unspecified atom stereocenters. The van der Waals surface area contributed by atoms with Crippen LogP contribution in [0.3, 0.4) is 0 Å². The van der Waals surface area contributed by atoms with Crippen LogP contribution in [0.2, 0.25) is 0 Å². The molecule has 0 aliphatic carbocycles. The Bertz CT molecular complexity index is 1230. The van der Waals surface area contributed by atoms with E-state index in [0.29, 0.717) is 27.4 Å². The van der Waals surface area contributed by atoms with Gasteiger partial charge in [0.1, 0.15) is 22.0 Å². The zero-order chi connectivity index (χ0) is 21.3. The number of aromatic nitrogens is 3. The van der Waals surface area contributed by atoms with Gasteiger partial charge in [-0.1, -0.05) is 6.07 Å². The molecule has 1 N–H and O–H groups in total. The first-order valence-electron chi connectivity index (χ1n) is 8.66. The van der Waals surface area contributed by atoms with Crippen molar-refractivity contribution in [3.63, 3.8) is 0 Å². The quantitative estimate of drug-likeness (QED) is 0.464. The molecule has 0 aliphatic rings. The van der Waals surface area contributed by atoms with Gasteiger partial charge in [-0.05, 0) is 37.3 Å². The number of thiazole rings is 1. The summed E-state index contributed by atoms with van der Waals surface area (Å²) >= 11 is 1.04. The molecule has 0 fully saturated rings. The van der Waals surface area contributed by atoms with Crippen LogP contribution in [0.5, 0.6) is 11.5 Å². The Hall–Kier alpha value is -3.72. The first-order valence-corrected chi connectivity index (χ1v) is 9.48. The minimum atomic E-state index is -1.05. The molecule has 0 atom stereocenters. The van der Waals surface area contributed by atoms with Crippen LogP contribution < -0.4 is 4.74 Å². The Kier molecular flexibility index (Phi) is 5.20. The fourth-order valence-corrected chi connectivity index (χ4v) is 3.73. The normalized spacial score (nSPS) is 10.8. The second-order valence-electron chi connectivity index (χ2n) is 6.23. The van der Waals surface area contributed by atoms with Gasteiger partial charge in [0.05, 0.1) is 5.69 Å². The summed E-state index contributed by atoms with van der Waals surface area (Å²) in [4.78, 5) is 23.8. The minimum Gasteiger partial charge on any atom is -0.477 e. The van der Waals surface area contributed by atoms with E-state index in [1.807, 2.05) is 0 Å². The molecule has 30 heavy (non-hydrogen) atoms. The van der Waals surface area contributed by atoms with Crippen LogP contribution >= 0.6 is 11.3 Å². The monoisotopic (exact) mass is 425 g/mol. The van der Waals surface area contributed by atoms with Crippen molar-refractivity contribution in [2.45, 2.75) is 6.92 Å². The molecule has 0 radical (unpaired) electrons. The van der Waals surface area contributed by atoms with Gasteiger partial charge in [0, 0.05) is 29.1 Å². The molecule has 0 spiro atoms. The van der Waals surface area contributed by atoms with Crippen molar-refractivity contribution in [1.29, 1.82) is 0 Å². The first kappa shape index (κ1) is 19.6. The van der Waals surface area contributed by atoms with Crippen LogP contribution in [-0.2, 0) is 0 Å². The molecule has 0 saturated heterocycles. The molecular weight excluding hydrogens is 412 g/mol. The van der Waals surface area contributed by atoms with Gasteiger partial charge in [0.25, 0.3) is 0 Å². The van der Waals surface area contributed by atoms with E-state index in [4.69, 9.17) is 4.74 Å². The highest BCUT2D eigenvalue weighted by atomic mass is 32.1. The number of aryl methyl sites for hydroxylation is 1. The summed E-state index contributed by atoms with van der Waals surface area (Å²) in [5.41, 5.74) is 2.05. The Morgan fingerprint density at radius 2 is 1.77 bits per heavy atom. The number of benzene rings is 2. The third-order valence-electron chi connectivity index (χ3n) is 4.22. The topological polar surface area (TPSA) is 85.2 Å². The van der Waals surface area contributed by atoms with Crippen molar-refractivity contribution >= 4 is 17.3 Å². The van der Waals surface area contributed by atoms with Crippen molar-refractivity contribution < 1.29 is 23.4 Å². The lowest BCUT2D eigenvalue weighted by Crippen LogP contribution is -1.95. The zero-order valence-corrected chi connectivity index (χ0v) is 16.3. The average Bonchev–Trinajstić information content (AvgIpc) is 3.13. The van der Waals surface area contributed by atoms with Crippen LogP contribution in [0.1, 0.15) is 15.4 Å². The van der Waals surface area contributed by atoms with Crippen LogP contribution in [0.25, 0.3) is 21.7 Å². The Morgan fingerprint density at radius 1 is 1.07 bits per heavy atom. The maximum Gasteiger partial charge on any atom is 0.347 e. The zero-order valence-electron chi connectivity index (χ0n) is 15.5. The lowest BCUT2D eigenvalue weighted by molar-refractivity contribution is 0.0701. The molecule has 0 saturated carbocycles. The number of ether oxygens (including phenoxy) is 1. The number of carboxylic acid groups (broad SMARTS) is 1. The number of halogens is 2. The van der Waals surface area contributed by atoms with Crippen LogP contribution in [0.15, 0.2) is 55.1 Å². The maximum atomic E-state index is 14.1. The van der Waals surface area contributed by atoms with Crippen molar-refractivity contribution in [3.05, 3.63) is 77.3 Å². The van der Waals surface area contributed by atoms with Crippen LogP contribution in [0, 0.1) is 18.6 Å². The van der Waals surface area contributed by atoms with E-state index in [1.54, 1.807) is 25.1 Å². The van der Waals surface area contributed by atoms with E-state index >= 15 is 0 Å². The number of nitrogens with zero attached hydrogens (tertiary/aromatic N) is 3. The van der Waals surface area contributed by atoms with Gasteiger partial charge in [-0.25, -0.2) is 28.5 Å². The maximum absolute atomic E-state index is 14.1. The molecule has 2 aromatic heterocycles. The van der Waals surface area contributed by atoms with Gasteiger partial charge in [0.15, 0.2) is 17.4 Å². The summed E-state index contributed by atoms with van der Waals surface area (Å²) in [6, 6.07) is 8.33. The van der Waals surface area contributed by atoms with Gasteiger partial charge < -0.3 is 9.84 Å². The van der Waals surface area contributed by atoms with E-state index in [9.17, 15) is 18.7 Å². The summed E-state index contributed by atoms with van der Waals surface area (Å²) in [7, 11) is 0. The number of rotatable bonds is 5. The molecule has 9 heteroatoms. The lowest BCUT2D eigenvalue weighted by atomic mass is 10.0. The number of carbonyl (C=O) groups is 1. The number of hydrogen-bond donors (Lipinski definition) is 1. The highest BCUT2D eigenvalue weighted by Gasteiger charge is 2.19. The molecule has 2 heterocycles. The Balaban J connectivity index is 1.84. The fourth-order valence-electron chi connectivity index (χ4n) is 2.82. The number of para-hydroxylation sites is 1. The van der Waals surface area contributed by atoms with E-state index in [1.165, 1.54) is 24.8 Å². The van der Waals surface area contributed by atoms with Crippen molar-refractivity contribution in [3.8, 4) is 33.2 Å². The van der Waals surface area contributed by atoms with Gasteiger partial charge >= 0.3 is 5.97 Å². The van der Waals surface area contributed by atoms with E-state index in [2.05, 4.69) is 15.0 Å². The standard InChI is InChI=1S/C21H13F2N3O3S/c1-11-19(21(27)28)30-20(26-11)12-5-6-17(14(7-12)13-8-24-10-25-9-13)29-18-15(22)3-2-4-16(18)23/h2-10H,1H3,(H,27,28). The SMILES string of the molecule is Cc1nc(-c2ccc(Oc3c(F)cccc3F)c(-c3cncnc3)c2)sc1C(=O)O. The van der Waals surface area contributed by atoms with Crippen molar-refractivity contribution in [2.24, 2.45) is 0 Å². The van der Waals surface area contributed by atoms with Gasteiger partial charge in [0.2, 0.25) is 0 Å². The molecule has 0 bridgehead atoms. The predicted molar refractivity (Wildman–Crippen MR) is 107 cm³/mol. The number of aromatic carboxylic acids is 1. The molecule has 0 amide bonds. The Morgan fingerprint density at radius 3 is 2.40 bits per heavy atom. The van der Waals surface area contributed by atoms with Gasteiger partial charge in [-0.2, -0.15) is 0 Å². The Labute approximate surface area is 173 Å². The third-order valence-corrected chi connectivity index (χ3v) is 5.41. The smallest absolute Gasteiger partial charge is 0.347 e. The third kappa shape index (κ3) is 3.74. The highest BCUT2D eigenvalue weighted by molar-refractivity contribution is 7.17. The molecule has 4 rings (SSSR count). The van der Waals surface area contributed by atoms with Gasteiger partial charge in [-0.3, -0.25) is 0 Å². The molecule has 6 nitrogen and oxygen atoms in total. The second-order valence-corrected chi connectivity index (χ2v) is 7.23. The van der Waals surface area contributed by atoms with E-state index < -0.39 is 23.4 Å². The summed E-state index contributed by atoms with van der Waals surface area (Å²) in [6.45, 7) is 1.62. The van der Waals surface area contributed by atoms with Crippen molar-refractivity contribution in [1.82, 2.24) is 15.0 Å². The molecule has 0 aliphatic heterocycles. The first-order chi connectivity index (χ1) is 14.4. The molecule has 150 valence electrons. The molecule has 4 aromatic rings. The summed E-state index contributed by atoms with van der Waals surface area (Å²) in [5, 5.41) is 9.77. The van der Waals surface area contributed by atoms with Crippen molar-refractivity contribution in [2.75, 3.05) is 0 Å². The second kappa shape index (κ2) is 7.96. The summed E-state index contributed by atoms with van der Waals surface area (Å²) in [5.74, 6) is -3.07. The highest BCUT2D eigenvalue weighted by Crippen LogP contribution is 2.39. The molecular formula is C21H13F2N3O3S. The fraction of sp³-hybridized carbons (Fsp3) is 0.0476. The van der Waals surface area contributed by atoms with Gasteiger partial charge in [-0.15, -0.1) is 11.3 Å². The summed E-state index contributed by atoms with van der Waals surface area (Å²) < 4.78 is 33.7. The lowest BCUT2D eigenvalue weighted by Gasteiger charge is -2.13. The predicted octanol–water partition coefficient (Wildman–Crippen LogP) is 5.34. The minimum absolute atomic E-state index is 0.142. The number of carboxylic acids is 1. The van der Waals surface area contributed by atoms with Crippen LogP contribution in [-0.4, -0.2) is 26.0 Å². The number of hydrogen-bond acceptors (Lipinski definition) is 6. The van der Waals surface area contributed by atoms with Crippen LogP contribution in [0.4, 0.5) is 8.78 Å². The molecule has 2 aromatic carbocycles.